The molecule has 5 nitrogen and oxygen atoms in total. The lowest BCUT2D eigenvalue weighted by Crippen LogP contribution is -2.37. The fourth-order valence-electron chi connectivity index (χ4n) is 3.90. The molecule has 1 aliphatic rings. The Labute approximate surface area is 168 Å². The van der Waals surface area contributed by atoms with Gasteiger partial charge in [-0.05, 0) is 23.9 Å². The predicted molar refractivity (Wildman–Crippen MR) is 117 cm³/mol. The van der Waals surface area contributed by atoms with E-state index in [0.717, 1.165) is 40.0 Å². The van der Waals surface area contributed by atoms with E-state index < -0.39 is 10.3 Å². The number of benzene rings is 2. The van der Waals surface area contributed by atoms with Gasteiger partial charge in [0.2, 0.25) is 0 Å². The zero-order valence-electron chi connectivity index (χ0n) is 16.6. The molecule has 2 aromatic rings. The van der Waals surface area contributed by atoms with E-state index in [9.17, 15) is 13.0 Å². The largest absolute Gasteiger partial charge is 0.365 e. The van der Waals surface area contributed by atoms with Gasteiger partial charge in [-0.25, -0.2) is 9.30 Å². The molecule has 0 amide bonds. The monoisotopic (exact) mass is 402 g/mol. The topological polar surface area (TPSA) is 70.0 Å². The maximum absolute atomic E-state index is 12.1. The highest BCUT2D eigenvalue weighted by Crippen LogP contribution is 2.40. The zero-order chi connectivity index (χ0) is 20.0. The quantitative estimate of drug-likeness (QED) is 0.348. The van der Waals surface area contributed by atoms with E-state index in [1.807, 2.05) is 24.3 Å². The average molecular weight is 403 g/mol. The molecule has 0 aromatic heterocycles. The Kier molecular flexibility index (Phi) is 7.08. The van der Waals surface area contributed by atoms with Crippen LogP contribution in [0.1, 0.15) is 71.1 Å². The molecule has 0 unspecified atom stereocenters. The molecule has 0 atom stereocenters. The number of aliphatic imine (C=N–C) groups is 1. The molecule has 2 aromatic carbocycles. The first-order chi connectivity index (χ1) is 13.5. The molecule has 3 rings (SSSR count). The first kappa shape index (κ1) is 20.8. The lowest BCUT2D eigenvalue weighted by molar-refractivity contribution is 0.484. The Morgan fingerprint density at radius 2 is 1.50 bits per heavy atom. The van der Waals surface area contributed by atoms with Crippen LogP contribution in [0.5, 0.6) is 0 Å². The fraction of sp³-hybridized carbons (Fsp3) is 0.500. The van der Waals surface area contributed by atoms with Gasteiger partial charge < -0.3 is 0 Å². The average Bonchev–Trinajstić information content (AvgIpc) is 2.66. The molecule has 0 fully saturated rings. The number of rotatable bonds is 11. The molecule has 0 spiro atoms. The normalized spacial score (nSPS) is 13.8. The van der Waals surface area contributed by atoms with Crippen molar-refractivity contribution in [2.75, 3.05) is 4.31 Å². The first-order valence-electron chi connectivity index (χ1n) is 10.4. The summed E-state index contributed by atoms with van der Waals surface area (Å²) in [4.78, 5) is 4.58. The Balaban J connectivity index is 1.65. The van der Waals surface area contributed by atoms with Gasteiger partial charge in [-0.2, -0.15) is 8.42 Å². The van der Waals surface area contributed by atoms with Crippen molar-refractivity contribution in [1.82, 2.24) is 0 Å². The summed E-state index contributed by atoms with van der Waals surface area (Å²) in [5, 5.41) is 1.67. The summed E-state index contributed by atoms with van der Waals surface area (Å²) in [6, 6.07) is 11.2. The Morgan fingerprint density at radius 3 is 2.14 bits per heavy atom. The highest BCUT2D eigenvalue weighted by molar-refractivity contribution is 7.88. The van der Waals surface area contributed by atoms with Crippen LogP contribution < -0.4 is 4.31 Å². The third-order valence-corrected chi connectivity index (χ3v) is 6.17. The van der Waals surface area contributed by atoms with Gasteiger partial charge in [0.05, 0.1) is 11.4 Å². The van der Waals surface area contributed by atoms with Gasteiger partial charge in [-0.15, -0.1) is 0 Å². The van der Waals surface area contributed by atoms with E-state index in [4.69, 9.17) is 0 Å². The minimum Gasteiger partial charge on any atom is -0.269 e. The van der Waals surface area contributed by atoms with Crippen LogP contribution in [0.15, 0.2) is 41.4 Å². The van der Waals surface area contributed by atoms with E-state index in [2.05, 4.69) is 11.9 Å². The molecule has 0 bridgehead atoms. The summed E-state index contributed by atoms with van der Waals surface area (Å²) < 4.78 is 35.1. The minimum atomic E-state index is -4.42. The van der Waals surface area contributed by atoms with Gasteiger partial charge in [0, 0.05) is 11.8 Å². The van der Waals surface area contributed by atoms with Gasteiger partial charge in [0.1, 0.15) is 5.84 Å². The molecule has 1 aliphatic heterocycles. The van der Waals surface area contributed by atoms with Crippen molar-refractivity contribution in [1.29, 1.82) is 0 Å². The van der Waals surface area contributed by atoms with Gasteiger partial charge in [0.15, 0.2) is 0 Å². The molecule has 1 N–H and O–H groups in total. The second-order valence-electron chi connectivity index (χ2n) is 7.50. The summed E-state index contributed by atoms with van der Waals surface area (Å²) in [6.45, 7) is 2.22. The maximum Gasteiger partial charge on any atom is 0.365 e. The summed E-state index contributed by atoms with van der Waals surface area (Å²) in [7, 11) is -4.42. The Hall–Kier alpha value is -1.92. The van der Waals surface area contributed by atoms with Crippen LogP contribution in [-0.4, -0.2) is 18.8 Å². The Morgan fingerprint density at radius 1 is 0.893 bits per heavy atom. The minimum absolute atomic E-state index is 0.400. The van der Waals surface area contributed by atoms with Gasteiger partial charge >= 0.3 is 10.3 Å². The number of amidine groups is 1. The van der Waals surface area contributed by atoms with Crippen molar-refractivity contribution in [2.45, 2.75) is 71.1 Å². The van der Waals surface area contributed by atoms with E-state index in [0.29, 0.717) is 17.9 Å². The predicted octanol–water partition coefficient (Wildman–Crippen LogP) is 6.41. The van der Waals surface area contributed by atoms with Gasteiger partial charge in [-0.3, -0.25) is 4.55 Å². The number of hydrogen-bond acceptors (Lipinski definition) is 3. The molecular weight excluding hydrogens is 372 g/mol. The summed E-state index contributed by atoms with van der Waals surface area (Å²) in [6.07, 6.45) is 11.3. The van der Waals surface area contributed by atoms with Crippen molar-refractivity contribution in [3.8, 4) is 0 Å². The van der Waals surface area contributed by atoms with Crippen LogP contribution in [0, 0.1) is 0 Å². The Bertz CT molecular complexity index is 933. The van der Waals surface area contributed by atoms with Crippen molar-refractivity contribution < 1.29 is 13.0 Å². The van der Waals surface area contributed by atoms with Crippen LogP contribution in [0.2, 0.25) is 0 Å². The van der Waals surface area contributed by atoms with Crippen LogP contribution in [-0.2, 0) is 10.3 Å². The summed E-state index contributed by atoms with van der Waals surface area (Å²) in [5.41, 5.74) is 1.25. The third-order valence-electron chi connectivity index (χ3n) is 5.30. The van der Waals surface area contributed by atoms with Crippen molar-refractivity contribution in [3.63, 3.8) is 0 Å². The molecule has 0 saturated carbocycles. The second kappa shape index (κ2) is 9.52. The highest BCUT2D eigenvalue weighted by atomic mass is 32.2. The SMILES string of the molecule is CCCCCCCCCCCC1=Nc2cccc3cccc(c23)N1S(=O)(=O)O. The lowest BCUT2D eigenvalue weighted by atomic mass is 10.0. The zero-order valence-corrected chi connectivity index (χ0v) is 17.4. The van der Waals surface area contributed by atoms with E-state index >= 15 is 0 Å². The van der Waals surface area contributed by atoms with Crippen LogP contribution in [0.25, 0.3) is 10.8 Å². The van der Waals surface area contributed by atoms with Crippen LogP contribution in [0.4, 0.5) is 11.4 Å². The summed E-state index contributed by atoms with van der Waals surface area (Å²) >= 11 is 0. The maximum atomic E-state index is 12.1. The fourth-order valence-corrected chi connectivity index (χ4v) is 4.70. The van der Waals surface area contributed by atoms with Crippen molar-refractivity contribution in [2.24, 2.45) is 4.99 Å². The number of hydrogen-bond donors (Lipinski definition) is 1. The van der Waals surface area contributed by atoms with Crippen molar-refractivity contribution in [3.05, 3.63) is 36.4 Å². The lowest BCUT2D eigenvalue weighted by Gasteiger charge is -2.28. The molecular formula is C22H30N2O3S. The van der Waals surface area contributed by atoms with Crippen LogP contribution in [0.3, 0.4) is 0 Å². The van der Waals surface area contributed by atoms with E-state index in [-0.39, 0.29) is 0 Å². The van der Waals surface area contributed by atoms with Gasteiger partial charge in [-0.1, -0.05) is 82.6 Å². The number of nitrogens with zero attached hydrogens (tertiary/aromatic N) is 2. The van der Waals surface area contributed by atoms with Crippen LogP contribution >= 0.6 is 0 Å². The summed E-state index contributed by atoms with van der Waals surface area (Å²) in [5.74, 6) is 0.400. The molecule has 1 heterocycles. The molecule has 28 heavy (non-hydrogen) atoms. The molecule has 0 aliphatic carbocycles. The molecule has 6 heteroatoms. The molecule has 152 valence electrons. The third kappa shape index (κ3) is 4.92. The number of unbranched alkanes of at least 4 members (excludes halogenated alkanes) is 8. The van der Waals surface area contributed by atoms with E-state index in [1.54, 1.807) is 12.1 Å². The number of anilines is 1. The first-order valence-corrected chi connectivity index (χ1v) is 11.8. The van der Waals surface area contributed by atoms with Gasteiger partial charge in [0.25, 0.3) is 0 Å². The standard InChI is InChI=1S/C22H30N2O3S/c1-2-3-4-5-6-7-8-9-10-17-21-23-19-15-11-13-18-14-12-16-20(22(18)19)24(21)28(25,26)27/h11-16H,2-10,17H2,1H3,(H,25,26,27). The highest BCUT2D eigenvalue weighted by Gasteiger charge is 2.30. The smallest absolute Gasteiger partial charge is 0.269 e. The van der Waals surface area contributed by atoms with E-state index in [1.165, 1.54) is 38.5 Å². The molecule has 0 radical (unpaired) electrons. The molecule has 0 saturated heterocycles. The second-order valence-corrected chi connectivity index (χ2v) is 8.76. The van der Waals surface area contributed by atoms with Crippen molar-refractivity contribution >= 4 is 38.3 Å².